The van der Waals surface area contributed by atoms with E-state index in [1.165, 1.54) is 0 Å². The number of hydrogen-bond acceptors (Lipinski definition) is 4. The van der Waals surface area contributed by atoms with Crippen molar-refractivity contribution in [2.45, 2.75) is 13.5 Å². The maximum atomic E-state index is 12.0. The van der Waals surface area contributed by atoms with Crippen LogP contribution >= 0.6 is 12.4 Å². The van der Waals surface area contributed by atoms with E-state index < -0.39 is 10.0 Å². The van der Waals surface area contributed by atoms with Crippen LogP contribution in [0.4, 0.5) is 5.69 Å². The maximum absolute atomic E-state index is 12.0. The lowest BCUT2D eigenvalue weighted by Crippen LogP contribution is -2.49. The summed E-state index contributed by atoms with van der Waals surface area (Å²) in [5.74, 6) is 0.489. The van der Waals surface area contributed by atoms with Crippen molar-refractivity contribution in [1.29, 1.82) is 0 Å². The molecule has 0 aromatic heterocycles. The molecule has 0 saturated carbocycles. The number of nitrogens with one attached hydrogen (secondary N) is 3. The Morgan fingerprint density at radius 2 is 1.91 bits per heavy atom. The third kappa shape index (κ3) is 5.47. The van der Waals surface area contributed by atoms with Crippen molar-refractivity contribution < 1.29 is 13.2 Å². The molecule has 8 heteroatoms. The minimum atomic E-state index is -3.26. The van der Waals surface area contributed by atoms with E-state index in [1.54, 1.807) is 24.3 Å². The predicted molar refractivity (Wildman–Crippen MR) is 89.5 cm³/mol. The molecule has 1 aromatic carbocycles. The molecular weight excluding hydrogens is 326 g/mol. The number of anilines is 1. The van der Waals surface area contributed by atoms with Crippen LogP contribution in [0.3, 0.4) is 0 Å². The second-order valence-corrected chi connectivity index (χ2v) is 7.24. The van der Waals surface area contributed by atoms with Crippen LogP contribution in [0.2, 0.25) is 0 Å². The van der Waals surface area contributed by atoms with Crippen molar-refractivity contribution in [2.24, 2.45) is 11.8 Å². The number of carbonyl (C=O) groups excluding carboxylic acids is 1. The summed E-state index contributed by atoms with van der Waals surface area (Å²) in [7, 11) is -3.26. The molecule has 0 aliphatic carbocycles. The van der Waals surface area contributed by atoms with Gasteiger partial charge in [-0.15, -0.1) is 12.4 Å². The number of halogens is 1. The van der Waals surface area contributed by atoms with Gasteiger partial charge in [0.05, 0.1) is 6.26 Å². The van der Waals surface area contributed by atoms with Gasteiger partial charge in [-0.25, -0.2) is 8.42 Å². The Morgan fingerprint density at radius 3 is 2.36 bits per heavy atom. The molecule has 1 aliphatic heterocycles. The van der Waals surface area contributed by atoms with E-state index in [9.17, 15) is 13.2 Å². The summed E-state index contributed by atoms with van der Waals surface area (Å²) in [4.78, 5) is 12.0. The van der Waals surface area contributed by atoms with E-state index in [2.05, 4.69) is 15.4 Å². The lowest BCUT2D eigenvalue weighted by Gasteiger charge is -2.31. The first-order valence-electron chi connectivity index (χ1n) is 6.90. The van der Waals surface area contributed by atoms with Gasteiger partial charge < -0.3 is 10.6 Å². The highest BCUT2D eigenvalue weighted by Gasteiger charge is 2.28. The normalized spacial score (nSPS) is 16.1. The van der Waals surface area contributed by atoms with Crippen molar-refractivity contribution >= 4 is 34.0 Å². The highest BCUT2D eigenvalue weighted by molar-refractivity contribution is 7.92. The van der Waals surface area contributed by atoms with Crippen molar-refractivity contribution in [3.63, 3.8) is 0 Å². The fourth-order valence-electron chi connectivity index (χ4n) is 2.13. The quantitative estimate of drug-likeness (QED) is 0.715. The van der Waals surface area contributed by atoms with E-state index in [-0.39, 0.29) is 24.2 Å². The van der Waals surface area contributed by atoms with Crippen LogP contribution in [0, 0.1) is 11.8 Å². The molecule has 22 heavy (non-hydrogen) atoms. The smallest absolute Gasteiger partial charge is 0.229 e. The maximum Gasteiger partial charge on any atom is 0.229 e. The van der Waals surface area contributed by atoms with Gasteiger partial charge in [0.15, 0.2) is 0 Å². The Labute approximate surface area is 137 Å². The first-order valence-corrected chi connectivity index (χ1v) is 8.79. The second-order valence-electron chi connectivity index (χ2n) is 5.50. The Morgan fingerprint density at radius 1 is 1.32 bits per heavy atom. The van der Waals surface area contributed by atoms with Gasteiger partial charge in [-0.2, -0.15) is 0 Å². The van der Waals surface area contributed by atoms with Crippen molar-refractivity contribution in [3.05, 3.63) is 29.8 Å². The molecular formula is C14H22ClN3O3S. The van der Waals surface area contributed by atoms with E-state index in [0.717, 1.165) is 24.9 Å². The van der Waals surface area contributed by atoms with Crippen LogP contribution in [0.1, 0.15) is 12.5 Å². The minimum absolute atomic E-state index is 0. The van der Waals surface area contributed by atoms with Gasteiger partial charge in [0.25, 0.3) is 0 Å². The molecule has 0 bridgehead atoms. The van der Waals surface area contributed by atoms with Gasteiger partial charge in [-0.1, -0.05) is 19.1 Å². The summed E-state index contributed by atoms with van der Waals surface area (Å²) in [6.45, 7) is 4.20. The van der Waals surface area contributed by atoms with Crippen molar-refractivity contribution in [2.75, 3.05) is 24.1 Å². The van der Waals surface area contributed by atoms with Crippen LogP contribution < -0.4 is 15.4 Å². The molecule has 0 radical (unpaired) electrons. The highest BCUT2D eigenvalue weighted by Crippen LogP contribution is 2.16. The van der Waals surface area contributed by atoms with Crippen LogP contribution in [0.25, 0.3) is 0 Å². The largest absolute Gasteiger partial charge is 0.352 e. The van der Waals surface area contributed by atoms with Gasteiger partial charge in [0.2, 0.25) is 15.9 Å². The molecule has 1 fully saturated rings. The Hall–Kier alpha value is -1.31. The number of rotatable bonds is 6. The topological polar surface area (TPSA) is 87.3 Å². The first kappa shape index (κ1) is 18.7. The van der Waals surface area contributed by atoms with Gasteiger partial charge >= 0.3 is 0 Å². The monoisotopic (exact) mass is 347 g/mol. The van der Waals surface area contributed by atoms with Gasteiger partial charge in [-0.3, -0.25) is 9.52 Å². The first-order chi connectivity index (χ1) is 9.85. The summed E-state index contributed by atoms with van der Waals surface area (Å²) < 4.78 is 24.6. The number of carbonyl (C=O) groups is 1. The molecule has 1 amide bonds. The number of benzene rings is 1. The number of sulfonamides is 1. The zero-order valence-electron chi connectivity index (χ0n) is 12.6. The molecule has 1 aliphatic rings. The van der Waals surface area contributed by atoms with E-state index >= 15 is 0 Å². The minimum Gasteiger partial charge on any atom is -0.352 e. The summed E-state index contributed by atoms with van der Waals surface area (Å²) in [5.41, 5.74) is 1.45. The molecule has 3 N–H and O–H groups in total. The van der Waals surface area contributed by atoms with Crippen LogP contribution in [0.15, 0.2) is 24.3 Å². The molecule has 1 saturated heterocycles. The van der Waals surface area contributed by atoms with E-state index in [1.807, 2.05) is 6.92 Å². The average molecular weight is 348 g/mol. The fraction of sp³-hybridized carbons (Fsp3) is 0.500. The van der Waals surface area contributed by atoms with E-state index in [0.29, 0.717) is 18.2 Å². The van der Waals surface area contributed by atoms with Gasteiger partial charge in [-0.05, 0) is 36.7 Å². The van der Waals surface area contributed by atoms with E-state index in [4.69, 9.17) is 0 Å². The predicted octanol–water partition coefficient (Wildman–Crippen LogP) is 0.952. The summed E-state index contributed by atoms with van der Waals surface area (Å²) >= 11 is 0. The lowest BCUT2D eigenvalue weighted by molar-refractivity contribution is -0.126. The number of amides is 1. The van der Waals surface area contributed by atoms with Crippen molar-refractivity contribution in [1.82, 2.24) is 10.6 Å². The summed E-state index contributed by atoms with van der Waals surface area (Å²) in [6.07, 6.45) is 1.11. The third-order valence-electron chi connectivity index (χ3n) is 3.66. The van der Waals surface area contributed by atoms with Crippen LogP contribution in [-0.2, 0) is 21.4 Å². The molecule has 1 heterocycles. The number of hydrogen-bond donors (Lipinski definition) is 3. The molecule has 1 atom stereocenters. The summed E-state index contributed by atoms with van der Waals surface area (Å²) in [5, 5.41) is 6.07. The fourth-order valence-corrected chi connectivity index (χ4v) is 2.70. The molecule has 2 rings (SSSR count). The Kier molecular flexibility index (Phi) is 6.65. The molecule has 1 unspecified atom stereocenters. The molecule has 124 valence electrons. The summed E-state index contributed by atoms with van der Waals surface area (Å²) in [6, 6.07) is 6.95. The molecule has 6 nitrogen and oxygen atoms in total. The Bertz CT molecular complexity index is 600. The third-order valence-corrected chi connectivity index (χ3v) is 4.26. The van der Waals surface area contributed by atoms with Crippen molar-refractivity contribution in [3.8, 4) is 0 Å². The Balaban J connectivity index is 0.00000242. The SMILES string of the molecule is CC(C(=O)NCc1ccc(NS(C)(=O)=O)cc1)C1CNC1.Cl. The second kappa shape index (κ2) is 7.80. The average Bonchev–Trinajstić information content (AvgIpc) is 2.33. The van der Waals surface area contributed by atoms with Gasteiger partial charge in [0, 0.05) is 18.2 Å². The zero-order valence-corrected chi connectivity index (χ0v) is 14.3. The van der Waals surface area contributed by atoms with Crippen LogP contribution in [-0.4, -0.2) is 33.7 Å². The van der Waals surface area contributed by atoms with Crippen LogP contribution in [0.5, 0.6) is 0 Å². The molecule has 0 spiro atoms. The molecule has 1 aromatic rings. The highest BCUT2D eigenvalue weighted by atomic mass is 35.5. The van der Waals surface area contributed by atoms with Gasteiger partial charge in [0.1, 0.15) is 0 Å². The zero-order chi connectivity index (χ0) is 15.5. The lowest BCUT2D eigenvalue weighted by atomic mass is 9.88. The standard InChI is InChI=1S/C14H21N3O3S.ClH/c1-10(12-8-15-9-12)14(18)16-7-11-3-5-13(6-4-11)17-21(2,19)20;/h3-6,10,12,15,17H,7-9H2,1-2H3,(H,16,18);1H.